The molecule has 28 heavy (non-hydrogen) atoms. The van der Waals surface area contributed by atoms with Crippen molar-refractivity contribution in [1.29, 1.82) is 0 Å². The Hall–Kier alpha value is -1.25. The van der Waals surface area contributed by atoms with Crippen LogP contribution in [-0.2, 0) is 16.8 Å². The summed E-state index contributed by atoms with van der Waals surface area (Å²) >= 11 is 6.39. The number of pyridine rings is 1. The van der Waals surface area contributed by atoms with Crippen LogP contribution in [-0.4, -0.2) is 66.2 Å². The summed E-state index contributed by atoms with van der Waals surface area (Å²) < 4.78 is 29.3. The molecule has 0 amide bonds. The molecular weight excluding hydrogens is 396 g/mol. The van der Waals surface area contributed by atoms with Crippen LogP contribution in [0.25, 0.3) is 10.9 Å². The summed E-state index contributed by atoms with van der Waals surface area (Å²) in [5.74, 6) is 0. The highest BCUT2D eigenvalue weighted by Crippen LogP contribution is 2.23. The lowest BCUT2D eigenvalue weighted by Gasteiger charge is -2.36. The van der Waals surface area contributed by atoms with Crippen molar-refractivity contribution in [2.24, 2.45) is 0 Å². The third-order valence-corrected chi connectivity index (χ3v) is 8.06. The minimum absolute atomic E-state index is 0.525. The fraction of sp³-hybridized carbons (Fsp3) is 0.550. The summed E-state index contributed by atoms with van der Waals surface area (Å²) in [6.07, 6.45) is 4.18. The zero-order chi connectivity index (χ0) is 19.6. The molecule has 0 saturated carbocycles. The van der Waals surface area contributed by atoms with Gasteiger partial charge in [-0.05, 0) is 25.0 Å². The first-order chi connectivity index (χ1) is 13.5. The van der Waals surface area contributed by atoms with Gasteiger partial charge in [-0.2, -0.15) is 17.0 Å². The van der Waals surface area contributed by atoms with Crippen molar-refractivity contribution in [2.75, 3.05) is 39.3 Å². The number of benzene rings is 1. The molecule has 2 fully saturated rings. The molecule has 3 heterocycles. The molecule has 0 radical (unpaired) electrons. The highest BCUT2D eigenvalue weighted by Gasteiger charge is 2.32. The number of fused-ring (bicyclic) bond motifs is 1. The molecule has 0 unspecified atom stereocenters. The van der Waals surface area contributed by atoms with Gasteiger partial charge in [0.15, 0.2) is 0 Å². The molecule has 152 valence electrons. The largest absolute Gasteiger partial charge is 0.296 e. The van der Waals surface area contributed by atoms with Crippen molar-refractivity contribution in [3.8, 4) is 0 Å². The number of aromatic nitrogens is 1. The van der Waals surface area contributed by atoms with E-state index >= 15 is 0 Å². The van der Waals surface area contributed by atoms with E-state index < -0.39 is 10.2 Å². The Kier molecular flexibility index (Phi) is 6.18. The van der Waals surface area contributed by atoms with Crippen LogP contribution < -0.4 is 0 Å². The molecular formula is C20H27ClN4O2S. The lowest BCUT2D eigenvalue weighted by atomic mass is 10.1. The predicted octanol–water partition coefficient (Wildman–Crippen LogP) is 3.13. The second-order valence-corrected chi connectivity index (χ2v) is 9.91. The van der Waals surface area contributed by atoms with Gasteiger partial charge in [0.2, 0.25) is 0 Å². The van der Waals surface area contributed by atoms with Crippen molar-refractivity contribution < 1.29 is 8.42 Å². The number of hydrogen-bond acceptors (Lipinski definition) is 4. The topological polar surface area (TPSA) is 56.8 Å². The second kappa shape index (κ2) is 8.63. The van der Waals surface area contributed by atoms with E-state index in [-0.39, 0.29) is 0 Å². The average Bonchev–Trinajstić information content (AvgIpc) is 2.99. The Morgan fingerprint density at radius 3 is 2.25 bits per heavy atom. The number of rotatable bonds is 4. The number of piperazine rings is 1. The van der Waals surface area contributed by atoms with E-state index in [4.69, 9.17) is 11.6 Å². The molecule has 1 aromatic carbocycles. The Labute approximate surface area is 172 Å². The monoisotopic (exact) mass is 422 g/mol. The molecule has 0 bridgehead atoms. The molecule has 4 rings (SSSR count). The highest BCUT2D eigenvalue weighted by atomic mass is 35.5. The Balaban J connectivity index is 1.39. The summed E-state index contributed by atoms with van der Waals surface area (Å²) in [5.41, 5.74) is 1.88. The Bertz CT molecular complexity index is 921. The van der Waals surface area contributed by atoms with Gasteiger partial charge in [-0.1, -0.05) is 42.6 Å². The van der Waals surface area contributed by atoms with Gasteiger partial charge in [-0.15, -0.1) is 0 Å². The lowest BCUT2D eigenvalue weighted by molar-refractivity contribution is 0.175. The maximum absolute atomic E-state index is 13.0. The maximum atomic E-state index is 13.0. The summed E-state index contributed by atoms with van der Waals surface area (Å²) in [5, 5.41) is 1.60. The highest BCUT2D eigenvalue weighted by molar-refractivity contribution is 7.86. The molecule has 2 saturated heterocycles. The van der Waals surface area contributed by atoms with Gasteiger partial charge in [-0.3, -0.25) is 4.90 Å². The fourth-order valence-electron chi connectivity index (χ4n) is 4.04. The molecule has 0 spiro atoms. The second-order valence-electron chi connectivity index (χ2n) is 7.63. The van der Waals surface area contributed by atoms with Crippen LogP contribution in [0, 0.1) is 0 Å². The van der Waals surface area contributed by atoms with Crippen LogP contribution >= 0.6 is 11.6 Å². The quantitative estimate of drug-likeness (QED) is 0.710. The molecule has 2 aliphatic heterocycles. The summed E-state index contributed by atoms with van der Waals surface area (Å²) in [7, 11) is -3.34. The predicted molar refractivity (Wildman–Crippen MR) is 113 cm³/mol. The van der Waals surface area contributed by atoms with Gasteiger partial charge in [0.25, 0.3) is 10.2 Å². The summed E-state index contributed by atoms with van der Waals surface area (Å²) in [6.45, 7) is 4.46. The number of halogens is 1. The Morgan fingerprint density at radius 2 is 1.54 bits per heavy atom. The van der Waals surface area contributed by atoms with E-state index in [1.165, 1.54) is 0 Å². The van der Waals surface area contributed by atoms with E-state index in [1.54, 1.807) is 8.61 Å². The van der Waals surface area contributed by atoms with Crippen molar-refractivity contribution in [3.05, 3.63) is 41.0 Å². The van der Waals surface area contributed by atoms with Crippen molar-refractivity contribution >= 4 is 32.7 Å². The minimum Gasteiger partial charge on any atom is -0.296 e. The van der Waals surface area contributed by atoms with Crippen molar-refractivity contribution in [2.45, 2.75) is 32.2 Å². The van der Waals surface area contributed by atoms with Crippen molar-refractivity contribution in [1.82, 2.24) is 18.5 Å². The van der Waals surface area contributed by atoms with E-state index in [0.29, 0.717) is 51.0 Å². The van der Waals surface area contributed by atoms with Gasteiger partial charge in [0.1, 0.15) is 5.15 Å². The van der Waals surface area contributed by atoms with E-state index in [0.717, 1.165) is 42.1 Å². The van der Waals surface area contributed by atoms with Gasteiger partial charge in [0, 0.05) is 56.8 Å². The number of para-hydroxylation sites is 1. The maximum Gasteiger partial charge on any atom is 0.282 e. The van der Waals surface area contributed by atoms with Gasteiger partial charge >= 0.3 is 0 Å². The molecule has 0 N–H and O–H groups in total. The standard InChI is InChI=1S/C20H27ClN4O2S/c21-20-18(15-17-7-3-4-8-19(17)22-20)16-23-11-13-25(14-12-23)28(26,27)24-9-5-1-2-6-10-24/h3-4,7-8,15H,1-2,5-6,9-14,16H2. The molecule has 0 atom stereocenters. The lowest BCUT2D eigenvalue weighted by Crippen LogP contribution is -2.52. The molecule has 6 nitrogen and oxygen atoms in total. The first-order valence-corrected chi connectivity index (χ1v) is 11.8. The minimum atomic E-state index is -3.34. The zero-order valence-electron chi connectivity index (χ0n) is 16.1. The summed E-state index contributed by atoms with van der Waals surface area (Å²) in [4.78, 5) is 6.75. The molecule has 0 aliphatic carbocycles. The van der Waals surface area contributed by atoms with E-state index in [1.807, 2.05) is 24.3 Å². The SMILES string of the molecule is O=S(=O)(N1CCCCCC1)N1CCN(Cc2cc3ccccc3nc2Cl)CC1. The Morgan fingerprint density at radius 1 is 0.893 bits per heavy atom. The van der Waals surface area contributed by atoms with Crippen LogP contribution in [0.15, 0.2) is 30.3 Å². The fourth-order valence-corrected chi connectivity index (χ4v) is 5.92. The number of nitrogens with zero attached hydrogens (tertiary/aromatic N) is 4. The van der Waals surface area contributed by atoms with Crippen LogP contribution in [0.5, 0.6) is 0 Å². The van der Waals surface area contributed by atoms with Crippen LogP contribution in [0.1, 0.15) is 31.2 Å². The van der Waals surface area contributed by atoms with E-state index in [9.17, 15) is 8.42 Å². The molecule has 2 aromatic rings. The summed E-state index contributed by atoms with van der Waals surface area (Å²) in [6, 6.07) is 10.0. The van der Waals surface area contributed by atoms with Crippen LogP contribution in [0.3, 0.4) is 0 Å². The third-order valence-electron chi connectivity index (χ3n) is 5.69. The van der Waals surface area contributed by atoms with Crippen molar-refractivity contribution in [3.63, 3.8) is 0 Å². The van der Waals surface area contributed by atoms with Gasteiger partial charge in [-0.25, -0.2) is 4.98 Å². The first kappa shape index (κ1) is 20.0. The van der Waals surface area contributed by atoms with Crippen LogP contribution in [0.4, 0.5) is 0 Å². The average molecular weight is 423 g/mol. The van der Waals surface area contributed by atoms with E-state index in [2.05, 4.69) is 16.0 Å². The van der Waals surface area contributed by atoms with Crippen LogP contribution in [0.2, 0.25) is 5.15 Å². The molecule has 2 aliphatic rings. The third kappa shape index (κ3) is 4.33. The zero-order valence-corrected chi connectivity index (χ0v) is 17.6. The number of hydrogen-bond donors (Lipinski definition) is 0. The normalized spacial score (nSPS) is 21.0. The van der Waals surface area contributed by atoms with Gasteiger partial charge < -0.3 is 0 Å². The molecule has 8 heteroatoms. The smallest absolute Gasteiger partial charge is 0.282 e. The first-order valence-electron chi connectivity index (χ1n) is 10.1. The molecule has 1 aromatic heterocycles. The van der Waals surface area contributed by atoms with Gasteiger partial charge in [0.05, 0.1) is 5.52 Å².